The molecule has 0 aliphatic carbocycles. The van der Waals surface area contributed by atoms with E-state index < -0.39 is 11.9 Å². The van der Waals surface area contributed by atoms with Crippen LogP contribution in [0.25, 0.3) is 16.9 Å². The molecule has 4 rings (SSSR count). The number of benzene rings is 1. The Hall–Kier alpha value is -4.19. The second-order valence-electron chi connectivity index (χ2n) is 8.21. The largest absolute Gasteiger partial charge is 0.435 e. The second kappa shape index (κ2) is 11.2. The summed E-state index contributed by atoms with van der Waals surface area (Å²) >= 11 is 0. The van der Waals surface area contributed by atoms with E-state index in [1.54, 1.807) is 18.2 Å². The quantitative estimate of drug-likeness (QED) is 0.176. The van der Waals surface area contributed by atoms with Crippen molar-refractivity contribution in [2.75, 3.05) is 25.0 Å². The Morgan fingerprint density at radius 1 is 1.24 bits per heavy atom. The number of hydrogen-bond acceptors (Lipinski definition) is 6. The van der Waals surface area contributed by atoms with E-state index in [1.165, 1.54) is 29.2 Å². The molecular formula is C25H27F3N8O. The van der Waals surface area contributed by atoms with Crippen LogP contribution in [0.4, 0.5) is 24.7 Å². The zero-order valence-corrected chi connectivity index (χ0v) is 20.2. The number of halogens is 3. The Bertz CT molecular complexity index is 1390. The zero-order chi connectivity index (χ0) is 26.4. The Morgan fingerprint density at radius 3 is 2.84 bits per heavy atom. The highest BCUT2D eigenvalue weighted by Gasteiger charge is 2.37. The van der Waals surface area contributed by atoms with Gasteiger partial charge >= 0.3 is 6.18 Å². The molecule has 1 aromatic carbocycles. The van der Waals surface area contributed by atoms with Gasteiger partial charge in [-0.2, -0.15) is 18.3 Å². The van der Waals surface area contributed by atoms with Crippen LogP contribution in [0.2, 0.25) is 0 Å². The second-order valence-corrected chi connectivity index (χ2v) is 8.21. The van der Waals surface area contributed by atoms with Crippen LogP contribution >= 0.6 is 0 Å². The molecule has 1 amide bonds. The van der Waals surface area contributed by atoms with Gasteiger partial charge in [-0.3, -0.25) is 14.3 Å². The minimum Gasteiger partial charge on any atom is -0.352 e. The van der Waals surface area contributed by atoms with E-state index in [1.807, 2.05) is 13.0 Å². The van der Waals surface area contributed by atoms with Crippen LogP contribution in [0.5, 0.6) is 0 Å². The van der Waals surface area contributed by atoms with E-state index in [-0.39, 0.29) is 17.2 Å². The Balaban J connectivity index is 1.53. The highest BCUT2D eigenvalue weighted by atomic mass is 19.4. The first-order valence-electron chi connectivity index (χ1n) is 11.8. The topological polar surface area (TPSA) is 112 Å². The van der Waals surface area contributed by atoms with Crippen molar-refractivity contribution in [2.45, 2.75) is 25.9 Å². The number of amides is 1. The molecule has 4 N–H and O–H groups in total. The number of alkyl halides is 3. The molecule has 0 unspecified atom stereocenters. The molecular weight excluding hydrogens is 485 g/mol. The number of aromatic amines is 1. The highest BCUT2D eigenvalue weighted by molar-refractivity contribution is 5.96. The fourth-order valence-corrected chi connectivity index (χ4v) is 3.94. The summed E-state index contributed by atoms with van der Waals surface area (Å²) in [5.74, 6) is 0.211. The van der Waals surface area contributed by atoms with Crippen LogP contribution < -0.4 is 16.0 Å². The third kappa shape index (κ3) is 5.80. The summed E-state index contributed by atoms with van der Waals surface area (Å²) < 4.78 is 41.6. The number of aromatic nitrogens is 5. The summed E-state index contributed by atoms with van der Waals surface area (Å²) in [6.07, 6.45) is 4.15. The van der Waals surface area contributed by atoms with Gasteiger partial charge in [-0.15, -0.1) is 6.58 Å². The number of nitrogens with zero attached hydrogens (tertiary/aromatic N) is 4. The van der Waals surface area contributed by atoms with Crippen molar-refractivity contribution in [3.8, 4) is 11.3 Å². The van der Waals surface area contributed by atoms with Crippen LogP contribution in [0.3, 0.4) is 0 Å². The van der Waals surface area contributed by atoms with Gasteiger partial charge in [-0.1, -0.05) is 13.0 Å². The molecule has 37 heavy (non-hydrogen) atoms. The molecule has 0 fully saturated rings. The van der Waals surface area contributed by atoms with Crippen molar-refractivity contribution >= 4 is 23.1 Å². The van der Waals surface area contributed by atoms with Crippen molar-refractivity contribution in [1.29, 1.82) is 0 Å². The lowest BCUT2D eigenvalue weighted by Gasteiger charge is -2.13. The van der Waals surface area contributed by atoms with E-state index in [4.69, 9.17) is 0 Å². The molecule has 3 aromatic heterocycles. The molecule has 0 aliphatic rings. The molecule has 0 atom stereocenters. The van der Waals surface area contributed by atoms with Gasteiger partial charge in [0.15, 0.2) is 17.2 Å². The number of imidazole rings is 1. The van der Waals surface area contributed by atoms with E-state index in [0.29, 0.717) is 35.7 Å². The van der Waals surface area contributed by atoms with Gasteiger partial charge < -0.3 is 16.0 Å². The fraction of sp³-hybridized carbons (Fsp3) is 0.280. The van der Waals surface area contributed by atoms with Gasteiger partial charge in [0.1, 0.15) is 0 Å². The number of fused-ring (bicyclic) bond motifs is 1. The molecule has 4 aromatic rings. The van der Waals surface area contributed by atoms with Crippen LogP contribution in [0, 0.1) is 0 Å². The molecule has 0 saturated carbocycles. The summed E-state index contributed by atoms with van der Waals surface area (Å²) in [7, 11) is 0. The van der Waals surface area contributed by atoms with Crippen molar-refractivity contribution in [1.82, 2.24) is 35.2 Å². The number of nitrogens with one attached hydrogen (secondary N) is 4. The summed E-state index contributed by atoms with van der Waals surface area (Å²) in [5, 5.41) is 14.9. The standard InChI is InChI=1S/C25H27F3N8O/c1-3-8-29-9-5-10-31-24(37)18-7-6-17(13-16(18)4-2)34-22-23-32-15-20(36(23)12-11-30-22)19-14-33-35-21(19)25(26,27)28/h3,6-7,11-15,29H,1,4-5,8-10H2,2H3,(H,30,34)(H,31,37)(H,33,35). The van der Waals surface area contributed by atoms with E-state index in [9.17, 15) is 18.0 Å². The predicted octanol–water partition coefficient (Wildman–Crippen LogP) is 4.34. The molecule has 12 heteroatoms. The molecule has 194 valence electrons. The van der Waals surface area contributed by atoms with Gasteiger partial charge in [-0.25, -0.2) is 9.97 Å². The van der Waals surface area contributed by atoms with Gasteiger partial charge in [-0.05, 0) is 43.1 Å². The molecule has 0 radical (unpaired) electrons. The van der Waals surface area contributed by atoms with Crippen molar-refractivity contribution in [2.24, 2.45) is 0 Å². The van der Waals surface area contributed by atoms with Gasteiger partial charge in [0, 0.05) is 42.9 Å². The van der Waals surface area contributed by atoms with Crippen LogP contribution in [-0.4, -0.2) is 50.1 Å². The average molecular weight is 513 g/mol. The minimum atomic E-state index is -4.61. The van der Waals surface area contributed by atoms with Crippen LogP contribution in [0.15, 0.2) is 55.6 Å². The third-order valence-corrected chi connectivity index (χ3v) is 5.71. The first-order valence-corrected chi connectivity index (χ1v) is 11.8. The molecule has 0 saturated heterocycles. The normalized spacial score (nSPS) is 11.6. The lowest BCUT2D eigenvalue weighted by Crippen LogP contribution is -2.28. The smallest absolute Gasteiger partial charge is 0.352 e. The lowest BCUT2D eigenvalue weighted by atomic mass is 10.0. The van der Waals surface area contributed by atoms with Crippen molar-refractivity contribution in [3.05, 3.63) is 72.5 Å². The number of rotatable bonds is 11. The maximum Gasteiger partial charge on any atom is 0.435 e. The van der Waals surface area contributed by atoms with Crippen LogP contribution in [0.1, 0.15) is 35.0 Å². The number of H-pyrrole nitrogens is 1. The summed E-state index contributed by atoms with van der Waals surface area (Å²) in [4.78, 5) is 21.3. The van der Waals surface area contributed by atoms with Crippen molar-refractivity contribution < 1.29 is 18.0 Å². The number of hydrogen-bond donors (Lipinski definition) is 4. The summed E-state index contributed by atoms with van der Waals surface area (Å²) in [6.45, 7) is 7.66. The molecule has 0 bridgehead atoms. The minimum absolute atomic E-state index is 0.114. The van der Waals surface area contributed by atoms with E-state index in [0.717, 1.165) is 25.1 Å². The molecule has 9 nitrogen and oxygen atoms in total. The van der Waals surface area contributed by atoms with E-state index in [2.05, 4.69) is 42.7 Å². The molecule has 3 heterocycles. The van der Waals surface area contributed by atoms with Crippen LogP contribution in [-0.2, 0) is 12.6 Å². The zero-order valence-electron chi connectivity index (χ0n) is 20.2. The Morgan fingerprint density at radius 2 is 2.08 bits per heavy atom. The fourth-order valence-electron chi connectivity index (χ4n) is 3.94. The first kappa shape index (κ1) is 25.9. The number of aryl methyl sites for hydroxylation is 1. The predicted molar refractivity (Wildman–Crippen MR) is 135 cm³/mol. The first-order chi connectivity index (χ1) is 17.8. The van der Waals surface area contributed by atoms with Crippen molar-refractivity contribution in [3.63, 3.8) is 0 Å². The summed E-state index contributed by atoms with van der Waals surface area (Å²) in [6, 6.07) is 5.35. The molecule has 0 aliphatic heterocycles. The van der Waals surface area contributed by atoms with Gasteiger partial charge in [0.05, 0.1) is 17.5 Å². The SMILES string of the molecule is C=CCNCCCNC(=O)c1ccc(Nc2nccn3c(-c4c[nH]nc4C(F)(F)F)cnc23)cc1CC. The summed E-state index contributed by atoms with van der Waals surface area (Å²) in [5.41, 5.74) is 1.54. The third-order valence-electron chi connectivity index (χ3n) is 5.71. The maximum absolute atomic E-state index is 13.4. The highest BCUT2D eigenvalue weighted by Crippen LogP contribution is 2.36. The number of anilines is 2. The lowest BCUT2D eigenvalue weighted by molar-refractivity contribution is -0.140. The average Bonchev–Trinajstić information content (AvgIpc) is 3.53. The van der Waals surface area contributed by atoms with E-state index >= 15 is 0 Å². The molecule has 0 spiro atoms. The Kier molecular flexibility index (Phi) is 7.87. The van der Waals surface area contributed by atoms with Gasteiger partial charge in [0.25, 0.3) is 5.91 Å². The number of carbonyl (C=O) groups is 1. The Labute approximate surface area is 211 Å². The van der Waals surface area contributed by atoms with Gasteiger partial charge in [0.2, 0.25) is 0 Å². The maximum atomic E-state index is 13.4. The number of carbonyl (C=O) groups excluding carboxylic acids is 1. The monoisotopic (exact) mass is 512 g/mol.